The quantitative estimate of drug-likeness (QED) is 0.766. The van der Waals surface area contributed by atoms with Gasteiger partial charge in [-0.3, -0.25) is 4.79 Å². The highest BCUT2D eigenvalue weighted by atomic mass is 16.6. The maximum Gasteiger partial charge on any atom is 0.417 e. The number of carbonyl (C=O) groups excluding carboxylic acids is 2. The van der Waals surface area contributed by atoms with E-state index in [2.05, 4.69) is 6.58 Å². The summed E-state index contributed by atoms with van der Waals surface area (Å²) < 4.78 is 4.95. The van der Waals surface area contributed by atoms with Crippen LogP contribution < -0.4 is 0 Å². The van der Waals surface area contributed by atoms with Gasteiger partial charge >= 0.3 is 6.09 Å². The summed E-state index contributed by atoms with van der Waals surface area (Å²) in [7, 11) is 0. The fourth-order valence-corrected chi connectivity index (χ4v) is 1.95. The fourth-order valence-electron chi connectivity index (χ4n) is 1.95. The molecule has 4 heteroatoms. The summed E-state index contributed by atoms with van der Waals surface area (Å²) in [6, 6.07) is 9.47. The van der Waals surface area contributed by atoms with E-state index in [-0.39, 0.29) is 18.6 Å². The number of ether oxygens (including phenoxy) is 1. The Bertz CT molecular complexity index is 481. The topological polar surface area (TPSA) is 46.6 Å². The maximum atomic E-state index is 11.9. The Hall–Kier alpha value is -2.10. The normalized spacial score (nSPS) is 18.6. The largest absolute Gasteiger partial charge is 0.447 e. The van der Waals surface area contributed by atoms with E-state index in [0.717, 1.165) is 10.5 Å². The molecule has 4 nitrogen and oxygen atoms in total. The molecule has 1 saturated heterocycles. The second-order valence-corrected chi connectivity index (χ2v) is 4.38. The van der Waals surface area contributed by atoms with Crippen LogP contribution in [0.15, 0.2) is 42.5 Å². The predicted octanol–water partition coefficient (Wildman–Crippen LogP) is 2.15. The van der Waals surface area contributed by atoms with Gasteiger partial charge in [0.05, 0.1) is 6.04 Å². The van der Waals surface area contributed by atoms with Gasteiger partial charge in [0, 0.05) is 5.57 Å². The summed E-state index contributed by atoms with van der Waals surface area (Å²) in [6.07, 6.45) is 0.0231. The molecule has 1 atom stereocenters. The van der Waals surface area contributed by atoms with Crippen LogP contribution in [0.4, 0.5) is 4.79 Å². The molecular formula is C14H15NO3. The zero-order chi connectivity index (χ0) is 13.1. The van der Waals surface area contributed by atoms with Crippen molar-refractivity contribution in [3.8, 4) is 0 Å². The highest BCUT2D eigenvalue weighted by Crippen LogP contribution is 2.19. The van der Waals surface area contributed by atoms with E-state index in [9.17, 15) is 9.59 Å². The number of hydrogen-bond acceptors (Lipinski definition) is 3. The van der Waals surface area contributed by atoms with Gasteiger partial charge in [0.2, 0.25) is 0 Å². The van der Waals surface area contributed by atoms with Crippen LogP contribution in [0.3, 0.4) is 0 Å². The summed E-state index contributed by atoms with van der Waals surface area (Å²) in [4.78, 5) is 24.6. The first-order valence-electron chi connectivity index (χ1n) is 5.79. The van der Waals surface area contributed by atoms with E-state index in [1.165, 1.54) is 0 Å². The van der Waals surface area contributed by atoms with Crippen LogP contribution in [-0.4, -0.2) is 29.5 Å². The molecule has 2 rings (SSSR count). The molecule has 0 unspecified atom stereocenters. The smallest absolute Gasteiger partial charge is 0.417 e. The van der Waals surface area contributed by atoms with Gasteiger partial charge in [-0.15, -0.1) is 0 Å². The number of rotatable bonds is 3. The molecule has 1 aliphatic rings. The Morgan fingerprint density at radius 3 is 2.72 bits per heavy atom. The van der Waals surface area contributed by atoms with E-state index in [4.69, 9.17) is 4.74 Å². The van der Waals surface area contributed by atoms with Crippen molar-refractivity contribution >= 4 is 12.0 Å². The van der Waals surface area contributed by atoms with Gasteiger partial charge in [0.15, 0.2) is 0 Å². The minimum atomic E-state index is -0.580. The number of hydrogen-bond donors (Lipinski definition) is 0. The molecule has 0 spiro atoms. The van der Waals surface area contributed by atoms with Gasteiger partial charge in [-0.2, -0.15) is 0 Å². The number of amides is 2. The first-order valence-corrected chi connectivity index (χ1v) is 5.79. The Labute approximate surface area is 106 Å². The van der Waals surface area contributed by atoms with E-state index in [1.54, 1.807) is 6.92 Å². The fraction of sp³-hybridized carbons (Fsp3) is 0.286. The maximum absolute atomic E-state index is 11.9. The van der Waals surface area contributed by atoms with Crippen LogP contribution in [-0.2, 0) is 16.0 Å². The van der Waals surface area contributed by atoms with Crippen molar-refractivity contribution in [1.29, 1.82) is 0 Å². The third-order valence-corrected chi connectivity index (χ3v) is 2.86. The molecule has 0 bridgehead atoms. The van der Waals surface area contributed by atoms with Crippen LogP contribution >= 0.6 is 0 Å². The lowest BCUT2D eigenvalue weighted by Crippen LogP contribution is -2.40. The van der Waals surface area contributed by atoms with Crippen molar-refractivity contribution in [3.63, 3.8) is 0 Å². The second-order valence-electron chi connectivity index (χ2n) is 4.38. The summed E-state index contributed by atoms with van der Waals surface area (Å²) in [6.45, 7) is 5.41. The molecule has 1 fully saturated rings. The van der Waals surface area contributed by atoms with E-state index < -0.39 is 6.09 Å². The molecule has 94 valence electrons. The van der Waals surface area contributed by atoms with Crippen molar-refractivity contribution in [1.82, 2.24) is 4.90 Å². The van der Waals surface area contributed by atoms with Gasteiger partial charge in [0.25, 0.3) is 5.91 Å². The molecule has 1 aromatic carbocycles. The van der Waals surface area contributed by atoms with Crippen molar-refractivity contribution < 1.29 is 14.3 Å². The standard InChI is InChI=1S/C14H15NO3/c1-10(2)13(16)15-12(9-18-14(15)17)8-11-6-4-3-5-7-11/h3-7,12H,1,8-9H2,2H3/t12-/m0/s1. The van der Waals surface area contributed by atoms with Crippen LogP contribution in [0.5, 0.6) is 0 Å². The van der Waals surface area contributed by atoms with Gasteiger partial charge in [-0.1, -0.05) is 36.9 Å². The van der Waals surface area contributed by atoms with Gasteiger partial charge in [-0.05, 0) is 18.9 Å². The summed E-state index contributed by atoms with van der Waals surface area (Å²) >= 11 is 0. The SMILES string of the molecule is C=C(C)C(=O)N1C(=O)OC[C@@H]1Cc1ccccc1. The monoisotopic (exact) mass is 245 g/mol. The minimum absolute atomic E-state index is 0.243. The van der Waals surface area contributed by atoms with Gasteiger partial charge in [-0.25, -0.2) is 9.69 Å². The second kappa shape index (κ2) is 5.04. The number of cyclic esters (lactones) is 1. The minimum Gasteiger partial charge on any atom is -0.447 e. The third-order valence-electron chi connectivity index (χ3n) is 2.86. The van der Waals surface area contributed by atoms with Crippen molar-refractivity contribution in [2.45, 2.75) is 19.4 Å². The Kier molecular flexibility index (Phi) is 3.46. The Balaban J connectivity index is 2.15. The molecule has 0 radical (unpaired) electrons. The predicted molar refractivity (Wildman–Crippen MR) is 66.9 cm³/mol. The average molecular weight is 245 g/mol. The highest BCUT2D eigenvalue weighted by molar-refractivity contribution is 6.02. The Morgan fingerprint density at radius 2 is 2.11 bits per heavy atom. The molecule has 1 aromatic rings. The van der Waals surface area contributed by atoms with E-state index in [0.29, 0.717) is 12.0 Å². The molecule has 2 amide bonds. The lowest BCUT2D eigenvalue weighted by molar-refractivity contribution is -0.125. The molecule has 0 saturated carbocycles. The first-order chi connectivity index (χ1) is 8.59. The molecular weight excluding hydrogens is 230 g/mol. The van der Waals surface area contributed by atoms with Crippen molar-refractivity contribution in [2.24, 2.45) is 0 Å². The third kappa shape index (κ3) is 2.42. The first kappa shape index (κ1) is 12.4. The van der Waals surface area contributed by atoms with Crippen LogP contribution in [0.2, 0.25) is 0 Å². The number of carbonyl (C=O) groups is 2. The molecule has 0 N–H and O–H groups in total. The number of imide groups is 1. The van der Waals surface area contributed by atoms with Gasteiger partial charge < -0.3 is 4.74 Å². The molecule has 18 heavy (non-hydrogen) atoms. The van der Waals surface area contributed by atoms with Gasteiger partial charge in [0.1, 0.15) is 6.61 Å². The molecule has 0 aromatic heterocycles. The molecule has 1 aliphatic heterocycles. The summed E-state index contributed by atoms with van der Waals surface area (Å²) in [5.74, 6) is -0.363. The molecule has 1 heterocycles. The van der Waals surface area contributed by atoms with Crippen LogP contribution in [0.1, 0.15) is 12.5 Å². The van der Waals surface area contributed by atoms with Crippen molar-refractivity contribution in [3.05, 3.63) is 48.0 Å². The van der Waals surface area contributed by atoms with E-state index in [1.807, 2.05) is 30.3 Å². The van der Waals surface area contributed by atoms with Crippen LogP contribution in [0, 0.1) is 0 Å². The lowest BCUT2D eigenvalue weighted by Gasteiger charge is -2.19. The average Bonchev–Trinajstić information content (AvgIpc) is 2.71. The van der Waals surface area contributed by atoms with E-state index >= 15 is 0 Å². The molecule has 0 aliphatic carbocycles. The summed E-state index contributed by atoms with van der Waals surface area (Å²) in [5.41, 5.74) is 1.41. The lowest BCUT2D eigenvalue weighted by atomic mass is 10.1. The number of nitrogens with zero attached hydrogens (tertiary/aromatic N) is 1. The zero-order valence-corrected chi connectivity index (χ0v) is 10.3. The zero-order valence-electron chi connectivity index (χ0n) is 10.3. The number of benzene rings is 1. The Morgan fingerprint density at radius 1 is 1.44 bits per heavy atom. The highest BCUT2D eigenvalue weighted by Gasteiger charge is 2.37. The van der Waals surface area contributed by atoms with Crippen molar-refractivity contribution in [2.75, 3.05) is 6.61 Å². The summed E-state index contributed by atoms with van der Waals surface area (Å²) in [5, 5.41) is 0. The van der Waals surface area contributed by atoms with Crippen LogP contribution in [0.25, 0.3) is 0 Å².